The summed E-state index contributed by atoms with van der Waals surface area (Å²) in [6.07, 6.45) is -0.549. The molecule has 1 amide bonds. The lowest BCUT2D eigenvalue weighted by Gasteiger charge is -2.17. The molecule has 1 atom stereocenters. The molecule has 4 nitrogen and oxygen atoms in total. The summed E-state index contributed by atoms with van der Waals surface area (Å²) in [4.78, 5) is 11.5. The lowest BCUT2D eigenvalue weighted by Crippen LogP contribution is -2.33. The highest BCUT2D eigenvalue weighted by atomic mass is 79.9. The Bertz CT molecular complexity index is 455. The van der Waals surface area contributed by atoms with Crippen molar-refractivity contribution in [1.29, 1.82) is 0 Å². The highest BCUT2D eigenvalue weighted by Crippen LogP contribution is 2.35. The highest BCUT2D eigenvalue weighted by molar-refractivity contribution is 9.11. The molecular weight excluding hydrogens is 388 g/mol. The fourth-order valence-electron chi connectivity index (χ4n) is 1.58. The average molecular weight is 408 g/mol. The number of amides is 1. The molecule has 0 heterocycles. The van der Waals surface area contributed by atoms with Crippen LogP contribution in [-0.4, -0.2) is 25.1 Å². The van der Waals surface area contributed by atoms with Gasteiger partial charge in [0.1, 0.15) is 5.75 Å². The molecule has 0 radical (unpaired) electrons. The predicted octanol–water partition coefficient (Wildman–Crippen LogP) is 3.22. The lowest BCUT2D eigenvalue weighted by molar-refractivity contribution is -0.126. The number of ether oxygens (including phenoxy) is 1. The molecule has 0 aliphatic rings. The first-order valence-corrected chi connectivity index (χ1v) is 8.03. The van der Waals surface area contributed by atoms with Crippen molar-refractivity contribution in [3.05, 3.63) is 26.6 Å². The minimum absolute atomic E-state index is 0.158. The molecule has 0 fully saturated rings. The van der Waals surface area contributed by atoms with Gasteiger partial charge in [-0.1, -0.05) is 13.8 Å². The van der Waals surface area contributed by atoms with Crippen LogP contribution in [0.1, 0.15) is 26.3 Å². The number of benzene rings is 1. The number of hydrogen-bond donors (Lipinski definition) is 2. The molecule has 1 unspecified atom stereocenters. The van der Waals surface area contributed by atoms with Gasteiger partial charge in [0.2, 0.25) is 0 Å². The molecule has 6 heteroatoms. The van der Waals surface area contributed by atoms with E-state index in [9.17, 15) is 4.79 Å². The molecule has 0 aromatic heterocycles. The second kappa shape index (κ2) is 8.00. The summed E-state index contributed by atoms with van der Waals surface area (Å²) in [6.45, 7) is 6.70. The first-order valence-electron chi connectivity index (χ1n) is 6.44. The van der Waals surface area contributed by atoms with Gasteiger partial charge in [-0.05, 0) is 56.5 Å². The van der Waals surface area contributed by atoms with Crippen LogP contribution < -0.4 is 15.4 Å². The molecule has 1 aromatic carbocycles. The summed E-state index contributed by atoms with van der Waals surface area (Å²) >= 11 is 6.98. The Morgan fingerprint density at radius 2 is 1.80 bits per heavy atom. The first-order chi connectivity index (χ1) is 9.35. The molecule has 1 rings (SSSR count). The first kappa shape index (κ1) is 17.5. The quantitative estimate of drug-likeness (QED) is 0.761. The van der Waals surface area contributed by atoms with E-state index in [1.165, 1.54) is 0 Å². The third-order valence-electron chi connectivity index (χ3n) is 2.68. The summed E-state index contributed by atoms with van der Waals surface area (Å²) in [5.74, 6) is 0.476. The molecule has 0 spiro atoms. The Morgan fingerprint density at radius 1 is 1.25 bits per heavy atom. The van der Waals surface area contributed by atoms with Crippen LogP contribution in [0.2, 0.25) is 0 Å². The van der Waals surface area contributed by atoms with Crippen molar-refractivity contribution in [2.24, 2.45) is 0 Å². The standard InChI is InChI=1S/C14H20Br2N2O2/c1-8(2)18-7-10-5-11(15)13(12(16)6-10)20-9(3)14(19)17-4/h5-6,8-9,18H,7H2,1-4H3,(H,17,19). The van der Waals surface area contributed by atoms with Crippen molar-refractivity contribution in [1.82, 2.24) is 10.6 Å². The van der Waals surface area contributed by atoms with Gasteiger partial charge in [-0.2, -0.15) is 0 Å². The topological polar surface area (TPSA) is 50.4 Å². The molecule has 112 valence electrons. The SMILES string of the molecule is CNC(=O)C(C)Oc1c(Br)cc(CNC(C)C)cc1Br. The number of carbonyl (C=O) groups excluding carboxylic acids is 1. The number of likely N-dealkylation sites (N-methyl/N-ethyl adjacent to an activating group) is 1. The third kappa shape index (κ3) is 5.07. The van der Waals surface area contributed by atoms with Gasteiger partial charge >= 0.3 is 0 Å². The van der Waals surface area contributed by atoms with Gasteiger partial charge in [-0.25, -0.2) is 0 Å². The van der Waals surface area contributed by atoms with Gasteiger partial charge in [0.25, 0.3) is 5.91 Å². The molecule has 0 saturated carbocycles. The average Bonchev–Trinajstić information content (AvgIpc) is 2.39. The largest absolute Gasteiger partial charge is 0.479 e. The van der Waals surface area contributed by atoms with Crippen molar-refractivity contribution in [2.45, 2.75) is 39.5 Å². The number of hydrogen-bond acceptors (Lipinski definition) is 3. The maximum Gasteiger partial charge on any atom is 0.260 e. The predicted molar refractivity (Wildman–Crippen MR) is 88.0 cm³/mol. The maximum atomic E-state index is 11.5. The maximum absolute atomic E-state index is 11.5. The number of nitrogens with one attached hydrogen (secondary N) is 2. The van der Waals surface area contributed by atoms with Crippen LogP contribution in [0.15, 0.2) is 21.1 Å². The van der Waals surface area contributed by atoms with E-state index in [-0.39, 0.29) is 5.91 Å². The van der Waals surface area contributed by atoms with Gasteiger partial charge in [0.15, 0.2) is 6.10 Å². The Morgan fingerprint density at radius 3 is 2.25 bits per heavy atom. The van der Waals surface area contributed by atoms with E-state index in [1.807, 2.05) is 12.1 Å². The molecule has 0 aliphatic carbocycles. The van der Waals surface area contributed by atoms with Gasteiger partial charge in [0, 0.05) is 19.6 Å². The number of carbonyl (C=O) groups is 1. The molecule has 0 saturated heterocycles. The van der Waals surface area contributed by atoms with Gasteiger partial charge in [-0.3, -0.25) is 4.79 Å². The minimum Gasteiger partial charge on any atom is -0.479 e. The Hall–Kier alpha value is -0.590. The monoisotopic (exact) mass is 406 g/mol. The zero-order valence-corrected chi connectivity index (χ0v) is 15.3. The molecule has 0 aliphatic heterocycles. The van der Waals surface area contributed by atoms with Crippen molar-refractivity contribution in [3.8, 4) is 5.75 Å². The van der Waals surface area contributed by atoms with E-state index in [0.717, 1.165) is 21.1 Å². The van der Waals surface area contributed by atoms with Gasteiger partial charge in [0.05, 0.1) is 8.95 Å². The van der Waals surface area contributed by atoms with Crippen molar-refractivity contribution < 1.29 is 9.53 Å². The summed E-state index contributed by atoms with van der Waals surface area (Å²) < 4.78 is 7.33. The van der Waals surface area contributed by atoms with E-state index in [4.69, 9.17) is 4.74 Å². The summed E-state index contributed by atoms with van der Waals surface area (Å²) in [7, 11) is 1.59. The zero-order chi connectivity index (χ0) is 15.3. The van der Waals surface area contributed by atoms with Crippen LogP contribution in [0.5, 0.6) is 5.75 Å². The normalized spacial score (nSPS) is 12.3. The third-order valence-corrected chi connectivity index (χ3v) is 3.86. The molecule has 20 heavy (non-hydrogen) atoms. The Balaban J connectivity index is 2.86. The summed E-state index contributed by atoms with van der Waals surface area (Å²) in [5, 5.41) is 5.92. The van der Waals surface area contributed by atoms with Gasteiger partial charge in [-0.15, -0.1) is 0 Å². The van der Waals surface area contributed by atoms with Crippen LogP contribution in [0.4, 0.5) is 0 Å². The second-order valence-corrected chi connectivity index (χ2v) is 6.51. The number of halogens is 2. The van der Waals surface area contributed by atoms with Crippen LogP contribution in [0.3, 0.4) is 0 Å². The minimum atomic E-state index is -0.549. The fourth-order valence-corrected chi connectivity index (χ4v) is 3.05. The van der Waals surface area contributed by atoms with Crippen molar-refractivity contribution >= 4 is 37.8 Å². The van der Waals surface area contributed by atoms with E-state index >= 15 is 0 Å². The number of rotatable bonds is 6. The van der Waals surface area contributed by atoms with Crippen LogP contribution in [0, 0.1) is 0 Å². The Kier molecular flexibility index (Phi) is 6.99. The molecular formula is C14H20Br2N2O2. The van der Waals surface area contributed by atoms with E-state index < -0.39 is 6.10 Å². The summed E-state index contributed by atoms with van der Waals surface area (Å²) in [5.41, 5.74) is 1.14. The highest BCUT2D eigenvalue weighted by Gasteiger charge is 2.17. The van der Waals surface area contributed by atoms with Crippen molar-refractivity contribution in [2.75, 3.05) is 7.05 Å². The molecule has 0 bridgehead atoms. The van der Waals surface area contributed by atoms with Crippen LogP contribution in [-0.2, 0) is 11.3 Å². The van der Waals surface area contributed by atoms with Crippen LogP contribution >= 0.6 is 31.9 Å². The van der Waals surface area contributed by atoms with E-state index in [2.05, 4.69) is 56.3 Å². The molecule has 1 aromatic rings. The summed E-state index contributed by atoms with van der Waals surface area (Å²) in [6, 6.07) is 4.41. The van der Waals surface area contributed by atoms with Crippen LogP contribution in [0.25, 0.3) is 0 Å². The van der Waals surface area contributed by atoms with Gasteiger partial charge < -0.3 is 15.4 Å². The van der Waals surface area contributed by atoms with E-state index in [0.29, 0.717) is 11.8 Å². The van der Waals surface area contributed by atoms with Crippen molar-refractivity contribution in [3.63, 3.8) is 0 Å². The fraction of sp³-hybridized carbons (Fsp3) is 0.500. The second-order valence-electron chi connectivity index (χ2n) is 4.80. The molecule has 2 N–H and O–H groups in total. The smallest absolute Gasteiger partial charge is 0.260 e. The Labute approximate surface area is 136 Å². The van der Waals surface area contributed by atoms with E-state index in [1.54, 1.807) is 14.0 Å². The zero-order valence-electron chi connectivity index (χ0n) is 12.1. The lowest BCUT2D eigenvalue weighted by atomic mass is 10.2.